The molecule has 2 rings (SSSR count). The number of carbonyl (C=O) groups is 1. The standard InChI is InChI=1S/C10H16N4O2/c1-14-4-2-8(13-14)6-12-10(15)9-7-16-5-3-11-9/h2,4,9,11H,3,5-7H2,1H3,(H,12,15). The van der Waals surface area contributed by atoms with Crippen LogP contribution >= 0.6 is 0 Å². The van der Waals surface area contributed by atoms with Crippen molar-refractivity contribution in [2.75, 3.05) is 19.8 Å². The SMILES string of the molecule is Cn1ccc(CNC(=O)C2COCCN2)n1. The first-order chi connectivity index (χ1) is 7.75. The number of carbonyl (C=O) groups excluding carboxylic acids is 1. The molecule has 1 aromatic heterocycles. The number of aromatic nitrogens is 2. The van der Waals surface area contributed by atoms with Crippen molar-refractivity contribution in [3.05, 3.63) is 18.0 Å². The fourth-order valence-corrected chi connectivity index (χ4v) is 1.59. The van der Waals surface area contributed by atoms with E-state index in [1.165, 1.54) is 0 Å². The van der Waals surface area contributed by atoms with E-state index >= 15 is 0 Å². The van der Waals surface area contributed by atoms with E-state index in [9.17, 15) is 4.79 Å². The van der Waals surface area contributed by atoms with Crippen LogP contribution in [0, 0.1) is 0 Å². The fraction of sp³-hybridized carbons (Fsp3) is 0.600. The van der Waals surface area contributed by atoms with Crippen LogP contribution in [0.15, 0.2) is 12.3 Å². The van der Waals surface area contributed by atoms with Gasteiger partial charge in [-0.3, -0.25) is 9.48 Å². The van der Waals surface area contributed by atoms with Gasteiger partial charge >= 0.3 is 0 Å². The molecule has 1 unspecified atom stereocenters. The molecule has 0 bridgehead atoms. The Kier molecular flexibility index (Phi) is 3.53. The number of morpholine rings is 1. The van der Waals surface area contributed by atoms with Gasteiger partial charge in [0.2, 0.25) is 5.91 Å². The predicted molar refractivity (Wildman–Crippen MR) is 57.7 cm³/mol. The molecule has 1 aliphatic rings. The Morgan fingerprint density at radius 3 is 3.31 bits per heavy atom. The topological polar surface area (TPSA) is 68.2 Å². The number of hydrogen-bond acceptors (Lipinski definition) is 4. The highest BCUT2D eigenvalue weighted by atomic mass is 16.5. The molecule has 1 atom stereocenters. The maximum Gasteiger partial charge on any atom is 0.239 e. The number of hydrogen-bond donors (Lipinski definition) is 2. The number of ether oxygens (including phenoxy) is 1. The molecular formula is C10H16N4O2. The third-order valence-corrected chi connectivity index (χ3v) is 2.45. The molecule has 0 radical (unpaired) electrons. The zero-order valence-electron chi connectivity index (χ0n) is 9.27. The molecule has 1 saturated heterocycles. The molecule has 88 valence electrons. The summed E-state index contributed by atoms with van der Waals surface area (Å²) < 4.78 is 6.93. The zero-order chi connectivity index (χ0) is 11.4. The third kappa shape index (κ3) is 2.80. The van der Waals surface area contributed by atoms with Gasteiger partial charge in [0.25, 0.3) is 0 Å². The van der Waals surface area contributed by atoms with Crippen LogP contribution in [0.2, 0.25) is 0 Å². The van der Waals surface area contributed by atoms with Gasteiger partial charge in [0.05, 0.1) is 25.5 Å². The number of rotatable bonds is 3. The van der Waals surface area contributed by atoms with Crippen LogP contribution in [0.3, 0.4) is 0 Å². The molecule has 1 aromatic rings. The van der Waals surface area contributed by atoms with Crippen LogP contribution in [0.25, 0.3) is 0 Å². The van der Waals surface area contributed by atoms with Crippen LogP contribution in [-0.2, 0) is 23.1 Å². The second kappa shape index (κ2) is 5.09. The second-order valence-electron chi connectivity index (χ2n) is 3.78. The minimum absolute atomic E-state index is 0.0367. The molecule has 2 N–H and O–H groups in total. The molecular weight excluding hydrogens is 208 g/mol. The highest BCUT2D eigenvalue weighted by Crippen LogP contribution is 1.96. The van der Waals surface area contributed by atoms with Gasteiger partial charge in [-0.15, -0.1) is 0 Å². The molecule has 0 aromatic carbocycles. The van der Waals surface area contributed by atoms with Gasteiger partial charge in [-0.2, -0.15) is 5.10 Å². The lowest BCUT2D eigenvalue weighted by Gasteiger charge is -2.22. The molecule has 6 nitrogen and oxygen atoms in total. The Bertz CT molecular complexity index is 357. The summed E-state index contributed by atoms with van der Waals surface area (Å²) in [7, 11) is 1.85. The lowest BCUT2D eigenvalue weighted by molar-refractivity contribution is -0.126. The van der Waals surface area contributed by atoms with Crippen molar-refractivity contribution in [1.82, 2.24) is 20.4 Å². The summed E-state index contributed by atoms with van der Waals surface area (Å²) in [4.78, 5) is 11.7. The van der Waals surface area contributed by atoms with E-state index in [1.807, 2.05) is 19.3 Å². The molecule has 0 saturated carbocycles. The van der Waals surface area contributed by atoms with E-state index in [-0.39, 0.29) is 11.9 Å². The summed E-state index contributed by atoms with van der Waals surface area (Å²) >= 11 is 0. The predicted octanol–water partition coefficient (Wildman–Crippen LogP) is -0.975. The highest BCUT2D eigenvalue weighted by molar-refractivity contribution is 5.81. The van der Waals surface area contributed by atoms with Crippen molar-refractivity contribution < 1.29 is 9.53 Å². The minimum atomic E-state index is -0.238. The van der Waals surface area contributed by atoms with Gasteiger partial charge in [-0.1, -0.05) is 0 Å². The van der Waals surface area contributed by atoms with Crippen LogP contribution in [0.1, 0.15) is 5.69 Å². The van der Waals surface area contributed by atoms with Crippen LogP contribution < -0.4 is 10.6 Å². The highest BCUT2D eigenvalue weighted by Gasteiger charge is 2.20. The van der Waals surface area contributed by atoms with Gasteiger partial charge < -0.3 is 15.4 Å². The van der Waals surface area contributed by atoms with E-state index in [4.69, 9.17) is 4.74 Å². The Balaban J connectivity index is 1.78. The van der Waals surface area contributed by atoms with E-state index < -0.39 is 0 Å². The average molecular weight is 224 g/mol. The molecule has 1 aliphatic heterocycles. The Morgan fingerprint density at radius 2 is 2.69 bits per heavy atom. The van der Waals surface area contributed by atoms with Crippen molar-refractivity contribution in [3.63, 3.8) is 0 Å². The van der Waals surface area contributed by atoms with Gasteiger partial charge in [-0.05, 0) is 6.07 Å². The summed E-state index contributed by atoms with van der Waals surface area (Å²) in [5, 5.41) is 10.1. The summed E-state index contributed by atoms with van der Waals surface area (Å²) in [5.74, 6) is -0.0367. The average Bonchev–Trinajstić information content (AvgIpc) is 2.73. The van der Waals surface area contributed by atoms with E-state index in [1.54, 1.807) is 4.68 Å². The molecule has 0 spiro atoms. The molecule has 1 amide bonds. The zero-order valence-corrected chi connectivity index (χ0v) is 9.27. The lowest BCUT2D eigenvalue weighted by Crippen LogP contribution is -2.51. The van der Waals surface area contributed by atoms with Gasteiger partial charge in [-0.25, -0.2) is 0 Å². The van der Waals surface area contributed by atoms with Gasteiger partial charge in [0, 0.05) is 19.8 Å². The maximum absolute atomic E-state index is 11.7. The van der Waals surface area contributed by atoms with Crippen molar-refractivity contribution in [2.24, 2.45) is 7.05 Å². The normalized spacial score (nSPS) is 20.7. The first-order valence-electron chi connectivity index (χ1n) is 5.33. The number of nitrogens with one attached hydrogen (secondary N) is 2. The number of aryl methyl sites for hydroxylation is 1. The number of amides is 1. The summed E-state index contributed by atoms with van der Waals surface area (Å²) in [6.45, 7) is 2.29. The number of nitrogens with zero attached hydrogens (tertiary/aromatic N) is 2. The largest absolute Gasteiger partial charge is 0.378 e. The third-order valence-electron chi connectivity index (χ3n) is 2.45. The smallest absolute Gasteiger partial charge is 0.239 e. The minimum Gasteiger partial charge on any atom is -0.378 e. The van der Waals surface area contributed by atoms with Crippen molar-refractivity contribution >= 4 is 5.91 Å². The Hall–Kier alpha value is -1.40. The first kappa shape index (κ1) is 11.1. The van der Waals surface area contributed by atoms with E-state index in [0.717, 1.165) is 12.2 Å². The molecule has 2 heterocycles. The fourth-order valence-electron chi connectivity index (χ4n) is 1.59. The van der Waals surface area contributed by atoms with Crippen molar-refractivity contribution in [3.8, 4) is 0 Å². The quantitative estimate of drug-likeness (QED) is 0.693. The molecule has 16 heavy (non-hydrogen) atoms. The van der Waals surface area contributed by atoms with E-state index in [0.29, 0.717) is 19.8 Å². The summed E-state index contributed by atoms with van der Waals surface area (Å²) in [6, 6.07) is 1.64. The Morgan fingerprint density at radius 1 is 1.81 bits per heavy atom. The second-order valence-corrected chi connectivity index (χ2v) is 3.78. The van der Waals surface area contributed by atoms with E-state index in [2.05, 4.69) is 15.7 Å². The molecule has 1 fully saturated rings. The monoisotopic (exact) mass is 224 g/mol. The molecule has 0 aliphatic carbocycles. The Labute approximate surface area is 94.0 Å². The summed E-state index contributed by atoms with van der Waals surface area (Å²) in [5.41, 5.74) is 0.854. The van der Waals surface area contributed by atoms with Gasteiger partial charge in [0.15, 0.2) is 0 Å². The van der Waals surface area contributed by atoms with Crippen molar-refractivity contribution in [1.29, 1.82) is 0 Å². The summed E-state index contributed by atoms with van der Waals surface area (Å²) in [6.07, 6.45) is 1.85. The van der Waals surface area contributed by atoms with Crippen LogP contribution in [0.4, 0.5) is 0 Å². The maximum atomic E-state index is 11.7. The van der Waals surface area contributed by atoms with Crippen LogP contribution in [-0.4, -0.2) is 41.5 Å². The van der Waals surface area contributed by atoms with Crippen LogP contribution in [0.5, 0.6) is 0 Å². The van der Waals surface area contributed by atoms with Gasteiger partial charge in [0.1, 0.15) is 6.04 Å². The molecule has 6 heteroatoms. The van der Waals surface area contributed by atoms with Crippen molar-refractivity contribution in [2.45, 2.75) is 12.6 Å². The lowest BCUT2D eigenvalue weighted by atomic mass is 10.2. The first-order valence-corrected chi connectivity index (χ1v) is 5.33.